The molecule has 1 heterocycles. The van der Waals surface area contributed by atoms with Crippen molar-refractivity contribution in [1.82, 2.24) is 15.0 Å². The van der Waals surface area contributed by atoms with Gasteiger partial charge in [-0.1, -0.05) is 32.9 Å². The van der Waals surface area contributed by atoms with Crippen molar-refractivity contribution in [3.8, 4) is 0 Å². The van der Waals surface area contributed by atoms with Crippen LogP contribution in [0, 0.1) is 0 Å². The summed E-state index contributed by atoms with van der Waals surface area (Å²) < 4.78 is 5.24. The second kappa shape index (κ2) is 6.12. The van der Waals surface area contributed by atoms with Crippen LogP contribution in [0.1, 0.15) is 45.8 Å². The highest BCUT2D eigenvalue weighted by Gasteiger charge is 2.22. The minimum absolute atomic E-state index is 0.104. The van der Waals surface area contributed by atoms with Crippen LogP contribution in [-0.2, 0) is 12.0 Å². The summed E-state index contributed by atoms with van der Waals surface area (Å²) in [5, 5.41) is 12.8. The summed E-state index contributed by atoms with van der Waals surface area (Å²) >= 11 is 0. The fourth-order valence-electron chi connectivity index (χ4n) is 1.47. The summed E-state index contributed by atoms with van der Waals surface area (Å²) in [5.74, 6) is 1.39. The van der Waals surface area contributed by atoms with Gasteiger partial charge in [-0.05, 0) is 13.0 Å². The van der Waals surface area contributed by atoms with Crippen LogP contribution in [0.3, 0.4) is 0 Å². The van der Waals surface area contributed by atoms with Crippen molar-refractivity contribution >= 4 is 0 Å². The van der Waals surface area contributed by atoms with E-state index < -0.39 is 0 Å². The molecule has 0 fully saturated rings. The molecule has 1 aromatic heterocycles. The van der Waals surface area contributed by atoms with E-state index in [1.165, 1.54) is 0 Å². The smallest absolute Gasteiger partial charge is 0.232 e. The fraction of sp³-hybridized carbons (Fsp3) is 0.833. The quantitative estimate of drug-likeness (QED) is 0.819. The van der Waals surface area contributed by atoms with Gasteiger partial charge in [-0.15, -0.1) is 0 Å². The minimum Gasteiger partial charge on any atom is -0.396 e. The number of rotatable bonds is 6. The van der Waals surface area contributed by atoms with Crippen molar-refractivity contribution in [1.29, 1.82) is 0 Å². The number of aliphatic hydroxyl groups excluding tert-OH is 1. The summed E-state index contributed by atoms with van der Waals surface area (Å²) in [6.45, 7) is 10.9. The molecule has 98 valence electrons. The maximum absolute atomic E-state index is 8.81. The van der Waals surface area contributed by atoms with Gasteiger partial charge in [0.25, 0.3) is 0 Å². The topological polar surface area (TPSA) is 62.4 Å². The molecule has 0 saturated carbocycles. The Balaban J connectivity index is 2.58. The number of nitrogens with zero attached hydrogens (tertiary/aromatic N) is 3. The maximum atomic E-state index is 8.81. The van der Waals surface area contributed by atoms with Gasteiger partial charge in [-0.3, -0.25) is 4.90 Å². The van der Waals surface area contributed by atoms with Crippen molar-refractivity contribution in [3.05, 3.63) is 11.7 Å². The molecule has 17 heavy (non-hydrogen) atoms. The predicted molar refractivity (Wildman–Crippen MR) is 65.7 cm³/mol. The van der Waals surface area contributed by atoms with E-state index >= 15 is 0 Å². The van der Waals surface area contributed by atoms with E-state index in [-0.39, 0.29) is 12.0 Å². The number of hydrogen-bond donors (Lipinski definition) is 1. The third-order valence-corrected chi connectivity index (χ3v) is 2.55. The van der Waals surface area contributed by atoms with Gasteiger partial charge in [-0.2, -0.15) is 4.98 Å². The van der Waals surface area contributed by atoms with Gasteiger partial charge in [0.15, 0.2) is 5.82 Å². The molecular weight excluding hydrogens is 218 g/mol. The van der Waals surface area contributed by atoms with Crippen molar-refractivity contribution in [2.24, 2.45) is 0 Å². The lowest BCUT2D eigenvalue weighted by atomic mass is 9.97. The Bertz CT molecular complexity index is 331. The van der Waals surface area contributed by atoms with E-state index in [9.17, 15) is 0 Å². The maximum Gasteiger partial charge on any atom is 0.232 e. The summed E-state index contributed by atoms with van der Waals surface area (Å²) in [6, 6.07) is 0. The lowest BCUT2D eigenvalue weighted by Gasteiger charge is -2.17. The number of aliphatic hydroxyl groups is 1. The first kappa shape index (κ1) is 14.1. The molecule has 0 aliphatic rings. The molecule has 5 nitrogen and oxygen atoms in total. The molecule has 0 aromatic carbocycles. The Labute approximate surface area is 103 Å². The zero-order valence-corrected chi connectivity index (χ0v) is 11.2. The first-order valence-electron chi connectivity index (χ1n) is 6.13. The van der Waals surface area contributed by atoms with Crippen LogP contribution in [0.25, 0.3) is 0 Å². The lowest BCUT2D eigenvalue weighted by Crippen LogP contribution is -2.25. The molecule has 5 heteroatoms. The zero-order chi connectivity index (χ0) is 12.9. The molecule has 0 amide bonds. The standard InChI is InChI=1S/C12H23N3O2/c1-5-15(7-6-8-16)9-10-13-11(17-14-10)12(2,3)4/h16H,5-9H2,1-4H3. The van der Waals surface area contributed by atoms with Gasteiger partial charge in [-0.25, -0.2) is 0 Å². The monoisotopic (exact) mass is 241 g/mol. The Hall–Kier alpha value is -0.940. The molecule has 0 atom stereocenters. The van der Waals surface area contributed by atoms with E-state index in [1.54, 1.807) is 0 Å². The largest absolute Gasteiger partial charge is 0.396 e. The van der Waals surface area contributed by atoms with E-state index in [1.807, 2.05) is 20.8 Å². The van der Waals surface area contributed by atoms with Crippen LogP contribution in [0.15, 0.2) is 4.52 Å². The average Bonchev–Trinajstić information content (AvgIpc) is 2.72. The van der Waals surface area contributed by atoms with Crippen LogP contribution in [0.2, 0.25) is 0 Å². The van der Waals surface area contributed by atoms with E-state index in [0.29, 0.717) is 12.4 Å². The Morgan fingerprint density at radius 3 is 2.53 bits per heavy atom. The van der Waals surface area contributed by atoms with Crippen LogP contribution in [-0.4, -0.2) is 39.8 Å². The Morgan fingerprint density at radius 1 is 1.35 bits per heavy atom. The fourth-order valence-corrected chi connectivity index (χ4v) is 1.47. The van der Waals surface area contributed by atoms with Crippen LogP contribution in [0.5, 0.6) is 0 Å². The van der Waals surface area contributed by atoms with Crippen molar-refractivity contribution in [3.63, 3.8) is 0 Å². The van der Waals surface area contributed by atoms with Gasteiger partial charge in [0.1, 0.15) is 0 Å². The SMILES string of the molecule is CCN(CCCO)Cc1noc(C(C)(C)C)n1. The molecule has 0 spiro atoms. The highest BCUT2D eigenvalue weighted by atomic mass is 16.5. The predicted octanol–water partition coefficient (Wildman–Crippen LogP) is 1.57. The van der Waals surface area contributed by atoms with E-state index in [2.05, 4.69) is 22.0 Å². The van der Waals surface area contributed by atoms with Gasteiger partial charge in [0.2, 0.25) is 5.89 Å². The van der Waals surface area contributed by atoms with Crippen LogP contribution in [0.4, 0.5) is 0 Å². The van der Waals surface area contributed by atoms with E-state index in [4.69, 9.17) is 9.63 Å². The van der Waals surface area contributed by atoms with Gasteiger partial charge in [0.05, 0.1) is 6.54 Å². The van der Waals surface area contributed by atoms with Gasteiger partial charge >= 0.3 is 0 Å². The Kier molecular flexibility index (Phi) is 5.08. The molecule has 0 bridgehead atoms. The summed E-state index contributed by atoms with van der Waals surface area (Å²) in [7, 11) is 0. The van der Waals surface area contributed by atoms with Crippen molar-refractivity contribution in [2.45, 2.75) is 46.1 Å². The van der Waals surface area contributed by atoms with Crippen molar-refractivity contribution < 1.29 is 9.63 Å². The van der Waals surface area contributed by atoms with Crippen molar-refractivity contribution in [2.75, 3.05) is 19.7 Å². The molecule has 0 saturated heterocycles. The third kappa shape index (κ3) is 4.44. The van der Waals surface area contributed by atoms with Gasteiger partial charge < -0.3 is 9.63 Å². The first-order chi connectivity index (χ1) is 7.97. The number of hydrogen-bond acceptors (Lipinski definition) is 5. The molecule has 1 aromatic rings. The van der Waals surface area contributed by atoms with Crippen LogP contribution >= 0.6 is 0 Å². The summed E-state index contributed by atoms with van der Waals surface area (Å²) in [6.07, 6.45) is 0.776. The highest BCUT2D eigenvalue weighted by Crippen LogP contribution is 2.19. The highest BCUT2D eigenvalue weighted by molar-refractivity contribution is 4.98. The summed E-state index contributed by atoms with van der Waals surface area (Å²) in [4.78, 5) is 6.58. The number of aromatic nitrogens is 2. The molecule has 1 N–H and O–H groups in total. The molecule has 0 aliphatic heterocycles. The van der Waals surface area contributed by atoms with E-state index in [0.717, 1.165) is 25.3 Å². The Morgan fingerprint density at radius 2 is 2.06 bits per heavy atom. The average molecular weight is 241 g/mol. The second-order valence-corrected chi connectivity index (χ2v) is 5.21. The second-order valence-electron chi connectivity index (χ2n) is 5.21. The zero-order valence-electron chi connectivity index (χ0n) is 11.2. The molecule has 0 unspecified atom stereocenters. The third-order valence-electron chi connectivity index (χ3n) is 2.55. The molecule has 1 rings (SSSR count). The summed E-state index contributed by atoms with van der Waals surface area (Å²) in [5.41, 5.74) is -0.104. The van der Waals surface area contributed by atoms with Gasteiger partial charge in [0, 0.05) is 18.6 Å². The molecule has 0 radical (unpaired) electrons. The lowest BCUT2D eigenvalue weighted by molar-refractivity contribution is 0.220. The molecule has 0 aliphatic carbocycles. The minimum atomic E-state index is -0.104. The normalized spacial score (nSPS) is 12.4. The first-order valence-corrected chi connectivity index (χ1v) is 6.13. The molecular formula is C12H23N3O2. The van der Waals surface area contributed by atoms with Crippen LogP contribution < -0.4 is 0 Å².